The number of halogens is 1. The SMILES string of the molecule is O=C1c2cc(I)ccc2S(=O)(=O)N1CC1CCOCC1. The van der Waals surface area contributed by atoms with Crippen molar-refractivity contribution < 1.29 is 17.9 Å². The predicted molar refractivity (Wildman–Crippen MR) is 80.9 cm³/mol. The summed E-state index contributed by atoms with van der Waals surface area (Å²) in [5.74, 6) is -0.208. The Morgan fingerprint density at radius 3 is 2.70 bits per heavy atom. The summed E-state index contributed by atoms with van der Waals surface area (Å²) in [5, 5.41) is 0. The Balaban J connectivity index is 1.92. The zero-order chi connectivity index (χ0) is 14.3. The second kappa shape index (κ2) is 5.27. The van der Waals surface area contributed by atoms with Gasteiger partial charge in [-0.3, -0.25) is 4.79 Å². The number of ether oxygens (including phenoxy) is 1. The fourth-order valence-corrected chi connectivity index (χ4v) is 4.72. The van der Waals surface area contributed by atoms with Gasteiger partial charge in [-0.05, 0) is 59.5 Å². The van der Waals surface area contributed by atoms with Crippen molar-refractivity contribution >= 4 is 38.5 Å². The summed E-state index contributed by atoms with van der Waals surface area (Å²) < 4.78 is 32.1. The quantitative estimate of drug-likeness (QED) is 0.703. The lowest BCUT2D eigenvalue weighted by Gasteiger charge is -2.26. The van der Waals surface area contributed by atoms with Gasteiger partial charge in [-0.15, -0.1) is 0 Å². The highest BCUT2D eigenvalue weighted by Crippen LogP contribution is 2.33. The molecule has 0 N–H and O–H groups in total. The van der Waals surface area contributed by atoms with Gasteiger partial charge in [0.1, 0.15) is 4.90 Å². The first-order valence-corrected chi connectivity index (χ1v) is 8.96. The highest BCUT2D eigenvalue weighted by Gasteiger charge is 2.42. The third-order valence-corrected chi connectivity index (χ3v) is 6.21. The smallest absolute Gasteiger partial charge is 0.269 e. The first-order valence-electron chi connectivity index (χ1n) is 6.44. The first kappa shape index (κ1) is 14.3. The molecule has 20 heavy (non-hydrogen) atoms. The van der Waals surface area contributed by atoms with Gasteiger partial charge in [0, 0.05) is 23.3 Å². The molecule has 2 aliphatic heterocycles. The van der Waals surface area contributed by atoms with E-state index in [1.165, 1.54) is 6.07 Å². The van der Waals surface area contributed by atoms with E-state index < -0.39 is 15.9 Å². The molecule has 0 bridgehead atoms. The Bertz CT molecular complexity index is 652. The van der Waals surface area contributed by atoms with Crippen molar-refractivity contribution in [3.05, 3.63) is 27.3 Å². The third-order valence-electron chi connectivity index (χ3n) is 3.73. The van der Waals surface area contributed by atoms with Crippen LogP contribution in [0.5, 0.6) is 0 Å². The second-order valence-corrected chi connectivity index (χ2v) is 8.11. The minimum Gasteiger partial charge on any atom is -0.381 e. The van der Waals surface area contributed by atoms with Crippen molar-refractivity contribution in [2.75, 3.05) is 19.8 Å². The van der Waals surface area contributed by atoms with Crippen molar-refractivity contribution in [3.63, 3.8) is 0 Å². The minimum absolute atomic E-state index is 0.134. The maximum absolute atomic E-state index is 12.5. The number of hydrogen-bond acceptors (Lipinski definition) is 4. The lowest BCUT2D eigenvalue weighted by molar-refractivity contribution is 0.0567. The van der Waals surface area contributed by atoms with Crippen LogP contribution in [0.1, 0.15) is 23.2 Å². The highest BCUT2D eigenvalue weighted by molar-refractivity contribution is 14.1. The van der Waals surface area contributed by atoms with Gasteiger partial charge in [0.15, 0.2) is 0 Å². The molecule has 0 unspecified atom stereocenters. The van der Waals surface area contributed by atoms with E-state index in [0.717, 1.165) is 20.7 Å². The molecule has 2 heterocycles. The number of rotatable bonds is 2. The van der Waals surface area contributed by atoms with Crippen LogP contribution in [0.15, 0.2) is 23.1 Å². The van der Waals surface area contributed by atoms with E-state index in [9.17, 15) is 13.2 Å². The standard InChI is InChI=1S/C13H14INO4S/c14-10-1-2-12-11(7-10)13(16)15(20(12,17)18)8-9-3-5-19-6-4-9/h1-2,7,9H,3-6,8H2. The topological polar surface area (TPSA) is 63.7 Å². The molecule has 0 radical (unpaired) electrons. The van der Waals surface area contributed by atoms with Gasteiger partial charge in [0.2, 0.25) is 0 Å². The zero-order valence-electron chi connectivity index (χ0n) is 10.7. The summed E-state index contributed by atoms with van der Waals surface area (Å²) in [6.07, 6.45) is 1.60. The number of amides is 1. The van der Waals surface area contributed by atoms with Crippen LogP contribution >= 0.6 is 22.6 Å². The van der Waals surface area contributed by atoms with Gasteiger partial charge < -0.3 is 4.74 Å². The molecule has 1 aromatic rings. The van der Waals surface area contributed by atoms with Crippen LogP contribution in [0.3, 0.4) is 0 Å². The van der Waals surface area contributed by atoms with Crippen molar-refractivity contribution in [2.45, 2.75) is 17.7 Å². The van der Waals surface area contributed by atoms with Crippen LogP contribution in [0.25, 0.3) is 0 Å². The molecule has 1 saturated heterocycles. The summed E-state index contributed by atoms with van der Waals surface area (Å²) in [4.78, 5) is 12.5. The number of benzene rings is 1. The zero-order valence-corrected chi connectivity index (χ0v) is 13.7. The number of fused-ring (bicyclic) bond motifs is 1. The third kappa shape index (κ3) is 2.35. The Hall–Kier alpha value is -0.670. The Kier molecular flexibility index (Phi) is 3.76. The van der Waals surface area contributed by atoms with Crippen LogP contribution in [0.2, 0.25) is 0 Å². The number of carbonyl (C=O) groups is 1. The summed E-state index contributed by atoms with van der Waals surface area (Å²) in [6, 6.07) is 4.87. The van der Waals surface area contributed by atoms with Gasteiger partial charge >= 0.3 is 0 Å². The summed E-state index contributed by atoms with van der Waals surface area (Å²) in [6.45, 7) is 1.53. The summed E-state index contributed by atoms with van der Waals surface area (Å²) >= 11 is 2.08. The van der Waals surface area contributed by atoms with E-state index in [0.29, 0.717) is 18.8 Å². The number of sulfonamides is 1. The molecule has 3 rings (SSSR count). The van der Waals surface area contributed by atoms with Gasteiger partial charge in [-0.1, -0.05) is 0 Å². The summed E-state index contributed by atoms with van der Waals surface area (Å²) in [5.41, 5.74) is 0.295. The number of carbonyl (C=O) groups excluding carboxylic acids is 1. The molecule has 0 aromatic heterocycles. The van der Waals surface area contributed by atoms with E-state index in [2.05, 4.69) is 22.6 Å². The molecule has 0 spiro atoms. The fraction of sp³-hybridized carbons (Fsp3) is 0.462. The minimum atomic E-state index is -3.67. The maximum atomic E-state index is 12.5. The molecule has 1 fully saturated rings. The van der Waals surface area contributed by atoms with E-state index in [4.69, 9.17) is 4.74 Å². The van der Waals surface area contributed by atoms with Crippen LogP contribution < -0.4 is 0 Å². The van der Waals surface area contributed by atoms with E-state index >= 15 is 0 Å². The molecule has 5 nitrogen and oxygen atoms in total. The molecular formula is C13H14INO4S. The molecule has 0 saturated carbocycles. The van der Waals surface area contributed by atoms with Gasteiger partial charge in [0.25, 0.3) is 15.9 Å². The van der Waals surface area contributed by atoms with Gasteiger partial charge in [-0.2, -0.15) is 0 Å². The molecule has 0 aliphatic carbocycles. The average molecular weight is 407 g/mol. The van der Waals surface area contributed by atoms with Gasteiger partial charge in [0.05, 0.1) is 5.56 Å². The molecule has 1 aromatic carbocycles. The van der Waals surface area contributed by atoms with Crippen LogP contribution in [-0.4, -0.2) is 38.4 Å². The molecular weight excluding hydrogens is 393 g/mol. The normalized spacial score (nSPS) is 22.1. The fourth-order valence-electron chi connectivity index (χ4n) is 2.60. The lowest BCUT2D eigenvalue weighted by atomic mass is 10.0. The second-order valence-electron chi connectivity index (χ2n) is 5.04. The van der Waals surface area contributed by atoms with E-state index in [1.54, 1.807) is 12.1 Å². The number of hydrogen-bond donors (Lipinski definition) is 0. The van der Waals surface area contributed by atoms with Crippen molar-refractivity contribution in [2.24, 2.45) is 5.92 Å². The van der Waals surface area contributed by atoms with Crippen molar-refractivity contribution in [1.29, 1.82) is 0 Å². The van der Waals surface area contributed by atoms with E-state index in [1.807, 2.05) is 0 Å². The Labute approximate surface area is 131 Å². The number of nitrogens with zero attached hydrogens (tertiary/aromatic N) is 1. The first-order chi connectivity index (χ1) is 9.50. The molecule has 2 aliphatic rings. The van der Waals surface area contributed by atoms with Crippen LogP contribution in [0, 0.1) is 9.49 Å². The van der Waals surface area contributed by atoms with E-state index in [-0.39, 0.29) is 17.4 Å². The van der Waals surface area contributed by atoms with Crippen LogP contribution in [0.4, 0.5) is 0 Å². The van der Waals surface area contributed by atoms with Gasteiger partial charge in [-0.25, -0.2) is 12.7 Å². The monoisotopic (exact) mass is 407 g/mol. The Morgan fingerprint density at radius 2 is 2.00 bits per heavy atom. The largest absolute Gasteiger partial charge is 0.381 e. The molecule has 1 amide bonds. The van der Waals surface area contributed by atoms with Crippen LogP contribution in [-0.2, 0) is 14.8 Å². The van der Waals surface area contributed by atoms with Crippen molar-refractivity contribution in [3.8, 4) is 0 Å². The maximum Gasteiger partial charge on any atom is 0.269 e. The highest BCUT2D eigenvalue weighted by atomic mass is 127. The Morgan fingerprint density at radius 1 is 1.30 bits per heavy atom. The summed E-state index contributed by atoms with van der Waals surface area (Å²) in [7, 11) is -3.67. The average Bonchev–Trinajstić information content (AvgIpc) is 2.61. The molecule has 0 atom stereocenters. The lowest BCUT2D eigenvalue weighted by Crippen LogP contribution is -2.36. The molecule has 108 valence electrons. The molecule has 7 heteroatoms. The predicted octanol–water partition coefficient (Wildman–Crippen LogP) is 1.86. The van der Waals surface area contributed by atoms with Crippen molar-refractivity contribution in [1.82, 2.24) is 4.31 Å².